The Balaban J connectivity index is 2.13. The smallest absolute Gasteiger partial charge is 0.306 e. The molecule has 0 saturated carbocycles. The van der Waals surface area contributed by atoms with E-state index < -0.39 is 0 Å². The summed E-state index contributed by atoms with van der Waals surface area (Å²) in [4.78, 5) is 13.4. The highest BCUT2D eigenvalue weighted by molar-refractivity contribution is 5.70. The van der Waals surface area contributed by atoms with Crippen LogP contribution in [0.2, 0.25) is 0 Å². The Bertz CT molecular complexity index is 229. The summed E-state index contributed by atoms with van der Waals surface area (Å²) < 4.78 is 5.47. The summed E-state index contributed by atoms with van der Waals surface area (Å²) in [6.07, 6.45) is 2.80. The minimum atomic E-state index is -0.206. The third-order valence-electron chi connectivity index (χ3n) is 3.35. The molecular weight excluding hydrogens is 166 g/mol. The van der Waals surface area contributed by atoms with E-state index in [1.54, 1.807) is 0 Å². The zero-order chi connectivity index (χ0) is 9.47. The van der Waals surface area contributed by atoms with E-state index in [-0.39, 0.29) is 11.6 Å². The van der Waals surface area contributed by atoms with Crippen molar-refractivity contribution in [1.29, 1.82) is 0 Å². The zero-order valence-corrected chi connectivity index (χ0v) is 8.38. The van der Waals surface area contributed by atoms with Crippen LogP contribution in [0.5, 0.6) is 0 Å². The molecule has 0 aliphatic carbocycles. The summed E-state index contributed by atoms with van der Waals surface area (Å²) in [5, 5.41) is 0. The number of rotatable bonds is 0. The van der Waals surface area contributed by atoms with Gasteiger partial charge < -0.3 is 9.64 Å². The van der Waals surface area contributed by atoms with Gasteiger partial charge in [-0.05, 0) is 33.4 Å². The van der Waals surface area contributed by atoms with Crippen molar-refractivity contribution in [2.24, 2.45) is 5.92 Å². The van der Waals surface area contributed by atoms with Gasteiger partial charge >= 0.3 is 5.97 Å². The number of hydrogen-bond donors (Lipinski definition) is 0. The fraction of sp³-hybridized carbons (Fsp3) is 0.900. The molecule has 0 aromatic rings. The van der Waals surface area contributed by atoms with Crippen molar-refractivity contribution in [3.8, 4) is 0 Å². The predicted octanol–water partition coefficient (Wildman–Crippen LogP) is 1.03. The number of likely N-dealkylation sites (tertiary alicyclic amines) is 1. The molecule has 0 spiro atoms. The largest absolute Gasteiger partial charge is 0.458 e. The van der Waals surface area contributed by atoms with Crippen LogP contribution in [0.3, 0.4) is 0 Å². The Kier molecular flexibility index (Phi) is 2.06. The molecule has 2 unspecified atom stereocenters. The number of carbonyl (C=O) groups is 1. The maximum atomic E-state index is 11.2. The number of fused-ring (bicyclic) bond motifs is 1. The third kappa shape index (κ3) is 1.57. The monoisotopic (exact) mass is 183 g/mol. The van der Waals surface area contributed by atoms with Gasteiger partial charge in [-0.2, -0.15) is 0 Å². The highest BCUT2D eigenvalue weighted by atomic mass is 16.6. The van der Waals surface area contributed by atoms with Crippen LogP contribution in [0, 0.1) is 5.92 Å². The molecule has 0 amide bonds. The second kappa shape index (κ2) is 2.98. The molecule has 2 rings (SSSR count). The van der Waals surface area contributed by atoms with Crippen molar-refractivity contribution in [3.05, 3.63) is 0 Å². The Morgan fingerprint density at radius 3 is 3.08 bits per heavy atom. The lowest BCUT2D eigenvalue weighted by atomic mass is 9.78. The van der Waals surface area contributed by atoms with Crippen molar-refractivity contribution in [3.63, 3.8) is 0 Å². The van der Waals surface area contributed by atoms with Gasteiger partial charge in [0.05, 0.1) is 0 Å². The molecule has 0 N–H and O–H groups in total. The normalized spacial score (nSPS) is 41.1. The topological polar surface area (TPSA) is 29.5 Å². The second-order valence-corrected chi connectivity index (χ2v) is 4.55. The summed E-state index contributed by atoms with van der Waals surface area (Å²) in [6.45, 7) is 4.10. The minimum Gasteiger partial charge on any atom is -0.458 e. The van der Waals surface area contributed by atoms with E-state index in [9.17, 15) is 4.79 Å². The van der Waals surface area contributed by atoms with Crippen LogP contribution in [0.15, 0.2) is 0 Å². The van der Waals surface area contributed by atoms with E-state index in [0.29, 0.717) is 12.3 Å². The van der Waals surface area contributed by atoms with E-state index in [1.165, 1.54) is 6.42 Å². The van der Waals surface area contributed by atoms with Gasteiger partial charge in [-0.1, -0.05) is 0 Å². The molecule has 13 heavy (non-hydrogen) atoms. The van der Waals surface area contributed by atoms with Crippen LogP contribution in [-0.4, -0.2) is 36.6 Å². The van der Waals surface area contributed by atoms with Crippen LogP contribution in [0.4, 0.5) is 0 Å². The van der Waals surface area contributed by atoms with Crippen molar-refractivity contribution in [2.75, 3.05) is 20.1 Å². The fourth-order valence-corrected chi connectivity index (χ4v) is 2.59. The van der Waals surface area contributed by atoms with Gasteiger partial charge in [-0.3, -0.25) is 4.79 Å². The maximum Gasteiger partial charge on any atom is 0.306 e. The minimum absolute atomic E-state index is 0.0194. The molecule has 2 aliphatic rings. The van der Waals surface area contributed by atoms with Crippen LogP contribution in [0.1, 0.15) is 26.2 Å². The number of likely N-dealkylation sites (N-methyl/N-ethyl adjacent to an activating group) is 1. The van der Waals surface area contributed by atoms with Crippen molar-refractivity contribution >= 4 is 5.97 Å². The van der Waals surface area contributed by atoms with Crippen LogP contribution < -0.4 is 0 Å². The third-order valence-corrected chi connectivity index (χ3v) is 3.35. The van der Waals surface area contributed by atoms with E-state index in [4.69, 9.17) is 4.74 Å². The zero-order valence-electron chi connectivity index (χ0n) is 8.38. The molecule has 3 heteroatoms. The molecule has 3 nitrogen and oxygen atoms in total. The summed E-state index contributed by atoms with van der Waals surface area (Å²) in [7, 11) is 2.09. The van der Waals surface area contributed by atoms with Gasteiger partial charge in [0, 0.05) is 18.9 Å². The number of nitrogens with zero attached hydrogens (tertiary/aromatic N) is 1. The quantitative estimate of drug-likeness (QED) is 0.525. The molecular formula is C10H17NO2. The van der Waals surface area contributed by atoms with E-state index in [2.05, 4.69) is 18.9 Å². The van der Waals surface area contributed by atoms with E-state index in [1.807, 2.05) is 0 Å². The first kappa shape index (κ1) is 9.00. The lowest BCUT2D eigenvalue weighted by Crippen LogP contribution is -2.55. The van der Waals surface area contributed by atoms with Crippen molar-refractivity contribution in [2.45, 2.75) is 31.8 Å². The summed E-state index contributed by atoms with van der Waals surface area (Å²) in [6, 6.07) is 0. The second-order valence-electron chi connectivity index (χ2n) is 4.55. The first-order valence-corrected chi connectivity index (χ1v) is 5.00. The highest BCUT2D eigenvalue weighted by Gasteiger charge is 2.44. The van der Waals surface area contributed by atoms with Gasteiger partial charge in [-0.15, -0.1) is 0 Å². The standard InChI is InChI=1S/C10H17NO2/c1-10-7-11(2)6-5-8(10)3-4-9(12)13-10/h8H,3-7H2,1-2H3. The molecule has 2 atom stereocenters. The average Bonchev–Trinajstić information content (AvgIpc) is 2.01. The molecule has 2 saturated heterocycles. The first-order chi connectivity index (χ1) is 6.10. The molecule has 0 aromatic heterocycles. The lowest BCUT2D eigenvalue weighted by molar-refractivity contribution is -0.181. The summed E-state index contributed by atoms with van der Waals surface area (Å²) >= 11 is 0. The fourth-order valence-electron chi connectivity index (χ4n) is 2.59. The SMILES string of the molecule is CN1CCC2CCC(=O)OC2(C)C1. The van der Waals surface area contributed by atoms with E-state index >= 15 is 0 Å². The maximum absolute atomic E-state index is 11.2. The Hall–Kier alpha value is -0.570. The molecule has 0 bridgehead atoms. The number of hydrogen-bond acceptors (Lipinski definition) is 3. The van der Waals surface area contributed by atoms with E-state index in [0.717, 1.165) is 19.5 Å². The molecule has 2 fully saturated rings. The van der Waals surface area contributed by atoms with Crippen LogP contribution >= 0.6 is 0 Å². The molecule has 0 aromatic carbocycles. The number of carbonyl (C=O) groups excluding carboxylic acids is 1. The average molecular weight is 183 g/mol. The van der Waals surface area contributed by atoms with Crippen molar-refractivity contribution in [1.82, 2.24) is 4.90 Å². The number of piperidine rings is 1. The Morgan fingerprint density at radius 2 is 2.31 bits per heavy atom. The van der Waals surface area contributed by atoms with Gasteiger partial charge in [0.25, 0.3) is 0 Å². The van der Waals surface area contributed by atoms with Gasteiger partial charge in [0.15, 0.2) is 0 Å². The van der Waals surface area contributed by atoms with Gasteiger partial charge in [-0.25, -0.2) is 0 Å². The molecule has 2 aliphatic heterocycles. The molecule has 0 radical (unpaired) electrons. The lowest BCUT2D eigenvalue weighted by Gasteiger charge is -2.46. The summed E-state index contributed by atoms with van der Waals surface area (Å²) in [5.41, 5.74) is -0.206. The van der Waals surface area contributed by atoms with Crippen LogP contribution in [0.25, 0.3) is 0 Å². The summed E-state index contributed by atoms with van der Waals surface area (Å²) in [5.74, 6) is 0.565. The Labute approximate surface area is 79.0 Å². The van der Waals surface area contributed by atoms with Gasteiger partial charge in [0.1, 0.15) is 5.60 Å². The predicted molar refractivity (Wildman–Crippen MR) is 49.3 cm³/mol. The Morgan fingerprint density at radius 1 is 1.54 bits per heavy atom. The number of ether oxygens (including phenoxy) is 1. The first-order valence-electron chi connectivity index (χ1n) is 5.00. The van der Waals surface area contributed by atoms with Crippen molar-refractivity contribution < 1.29 is 9.53 Å². The highest BCUT2D eigenvalue weighted by Crippen LogP contribution is 2.37. The molecule has 74 valence electrons. The molecule has 2 heterocycles. The number of esters is 1. The van der Waals surface area contributed by atoms with Gasteiger partial charge in [0.2, 0.25) is 0 Å². The van der Waals surface area contributed by atoms with Crippen LogP contribution in [-0.2, 0) is 9.53 Å².